The number of hydrogen-bond donors (Lipinski definition) is 0. The molecule has 110 valence electrons. The van der Waals surface area contributed by atoms with Gasteiger partial charge in [-0.3, -0.25) is 0 Å². The van der Waals surface area contributed by atoms with E-state index in [1.807, 2.05) is 0 Å². The second-order valence-corrected chi connectivity index (χ2v) is 7.34. The Bertz CT molecular complexity index is 467. The van der Waals surface area contributed by atoms with Crippen molar-refractivity contribution in [2.24, 2.45) is 0 Å². The van der Waals surface area contributed by atoms with Gasteiger partial charge in [0.2, 0.25) is 0 Å². The van der Waals surface area contributed by atoms with Gasteiger partial charge >= 0.3 is 0 Å². The van der Waals surface area contributed by atoms with E-state index in [0.29, 0.717) is 36.4 Å². The smallest absolute Gasteiger partial charge is 0.252 e. The van der Waals surface area contributed by atoms with Crippen LogP contribution in [0.3, 0.4) is 0 Å². The number of sulfonamides is 1. The molecule has 1 aromatic heterocycles. The molecule has 0 saturated carbocycles. The molecule has 0 spiro atoms. The van der Waals surface area contributed by atoms with Crippen LogP contribution in [0.15, 0.2) is 16.3 Å². The first-order valence-electron chi connectivity index (χ1n) is 5.69. The molecule has 0 aliphatic heterocycles. The Morgan fingerprint density at radius 3 is 2.21 bits per heavy atom. The molecule has 0 radical (unpaired) electrons. The lowest BCUT2D eigenvalue weighted by Gasteiger charge is -2.20. The van der Waals surface area contributed by atoms with Gasteiger partial charge in [0, 0.05) is 32.2 Å². The standard InChI is InChI=1S/C11H18ClNO4S2/c1-16-7-5-13(6-8-17-2)19(14,15)11-4-3-10(9-12)18-11/h3-4H,5-9H2,1-2H3. The Morgan fingerprint density at radius 1 is 1.21 bits per heavy atom. The van der Waals surface area contributed by atoms with Gasteiger partial charge in [-0.2, -0.15) is 4.31 Å². The first-order valence-corrected chi connectivity index (χ1v) is 8.48. The van der Waals surface area contributed by atoms with E-state index < -0.39 is 10.0 Å². The van der Waals surface area contributed by atoms with Crippen molar-refractivity contribution in [2.45, 2.75) is 10.1 Å². The fourth-order valence-corrected chi connectivity index (χ4v) is 4.46. The van der Waals surface area contributed by atoms with Crippen LogP contribution in [0, 0.1) is 0 Å². The average Bonchev–Trinajstić information content (AvgIpc) is 2.88. The summed E-state index contributed by atoms with van der Waals surface area (Å²) in [5.74, 6) is 0.316. The maximum Gasteiger partial charge on any atom is 0.252 e. The normalized spacial score (nSPS) is 12.2. The number of alkyl halides is 1. The molecule has 0 atom stereocenters. The van der Waals surface area contributed by atoms with Crippen LogP contribution < -0.4 is 0 Å². The summed E-state index contributed by atoms with van der Waals surface area (Å²) in [4.78, 5) is 0.832. The van der Waals surface area contributed by atoms with Gasteiger partial charge in [-0.1, -0.05) is 0 Å². The molecule has 0 unspecified atom stereocenters. The van der Waals surface area contributed by atoms with Crippen LogP contribution in [0.1, 0.15) is 4.88 Å². The number of thiophene rings is 1. The van der Waals surface area contributed by atoms with E-state index >= 15 is 0 Å². The number of methoxy groups -OCH3 is 2. The molecule has 1 heterocycles. The zero-order chi connectivity index (χ0) is 14.3. The van der Waals surface area contributed by atoms with Gasteiger partial charge < -0.3 is 9.47 Å². The second kappa shape index (κ2) is 8.18. The van der Waals surface area contributed by atoms with E-state index in [-0.39, 0.29) is 0 Å². The highest BCUT2D eigenvalue weighted by Gasteiger charge is 2.25. The van der Waals surface area contributed by atoms with Crippen molar-refractivity contribution >= 4 is 33.0 Å². The SMILES string of the molecule is COCCN(CCOC)S(=O)(=O)c1ccc(CCl)s1. The molecule has 1 aromatic rings. The van der Waals surface area contributed by atoms with Crippen LogP contribution in [0.4, 0.5) is 0 Å². The molecule has 0 aromatic carbocycles. The van der Waals surface area contributed by atoms with Crippen molar-refractivity contribution in [1.29, 1.82) is 0 Å². The molecule has 0 N–H and O–H groups in total. The summed E-state index contributed by atoms with van der Waals surface area (Å²) in [5, 5.41) is 0. The molecule has 0 bridgehead atoms. The van der Waals surface area contributed by atoms with Crippen LogP contribution >= 0.6 is 22.9 Å². The first kappa shape index (κ1) is 16.9. The average molecular weight is 328 g/mol. The van der Waals surface area contributed by atoms with Crippen LogP contribution in [0.2, 0.25) is 0 Å². The molecule has 8 heteroatoms. The van der Waals surface area contributed by atoms with Crippen molar-refractivity contribution in [3.8, 4) is 0 Å². The molecule has 0 fully saturated rings. The van der Waals surface area contributed by atoms with Crippen LogP contribution in [0.5, 0.6) is 0 Å². The zero-order valence-electron chi connectivity index (χ0n) is 11.0. The van der Waals surface area contributed by atoms with Gasteiger partial charge in [-0.05, 0) is 12.1 Å². The van der Waals surface area contributed by atoms with E-state index in [2.05, 4.69) is 0 Å². The third-order valence-electron chi connectivity index (χ3n) is 2.45. The van der Waals surface area contributed by atoms with Gasteiger partial charge in [0.15, 0.2) is 0 Å². The number of halogens is 1. The number of rotatable bonds is 9. The Balaban J connectivity index is 2.90. The van der Waals surface area contributed by atoms with Crippen molar-refractivity contribution in [2.75, 3.05) is 40.5 Å². The molecule has 0 aliphatic carbocycles. The highest BCUT2D eigenvalue weighted by atomic mass is 35.5. The minimum absolute atomic E-state index is 0.301. The maximum absolute atomic E-state index is 12.5. The third kappa shape index (κ3) is 4.70. The third-order valence-corrected chi connectivity index (χ3v) is 6.35. The lowest BCUT2D eigenvalue weighted by Crippen LogP contribution is -2.36. The lowest BCUT2D eigenvalue weighted by molar-refractivity contribution is 0.150. The summed E-state index contributed by atoms with van der Waals surface area (Å²) in [7, 11) is -0.423. The van der Waals surface area contributed by atoms with Gasteiger partial charge in [-0.25, -0.2) is 8.42 Å². The molecule has 19 heavy (non-hydrogen) atoms. The van der Waals surface area contributed by atoms with E-state index in [1.165, 1.54) is 29.9 Å². The van der Waals surface area contributed by atoms with Crippen molar-refractivity contribution in [3.05, 3.63) is 17.0 Å². The summed E-state index contributed by atoms with van der Waals surface area (Å²) in [6.07, 6.45) is 0. The van der Waals surface area contributed by atoms with E-state index in [4.69, 9.17) is 21.1 Å². The van der Waals surface area contributed by atoms with Crippen molar-refractivity contribution in [1.82, 2.24) is 4.31 Å². The van der Waals surface area contributed by atoms with Gasteiger partial charge in [0.1, 0.15) is 4.21 Å². The molecule has 0 saturated heterocycles. The summed E-state index contributed by atoms with van der Waals surface area (Å²) in [6.45, 7) is 1.29. The minimum atomic E-state index is -3.50. The Hall–Kier alpha value is -0.180. The van der Waals surface area contributed by atoms with E-state index in [9.17, 15) is 8.42 Å². The zero-order valence-corrected chi connectivity index (χ0v) is 13.4. The number of hydrogen-bond acceptors (Lipinski definition) is 5. The van der Waals surface area contributed by atoms with E-state index in [0.717, 1.165) is 4.88 Å². The molecule has 5 nitrogen and oxygen atoms in total. The molecule has 1 rings (SSSR count). The summed E-state index contributed by atoms with van der Waals surface area (Å²) < 4.78 is 36.5. The lowest BCUT2D eigenvalue weighted by atomic mass is 10.5. The van der Waals surface area contributed by atoms with E-state index in [1.54, 1.807) is 12.1 Å². The minimum Gasteiger partial charge on any atom is -0.383 e. The molecule has 0 aliphatic rings. The van der Waals surface area contributed by atoms with Crippen molar-refractivity contribution < 1.29 is 17.9 Å². The van der Waals surface area contributed by atoms with Gasteiger partial charge in [0.05, 0.1) is 19.1 Å². The summed E-state index contributed by atoms with van der Waals surface area (Å²) in [5.41, 5.74) is 0. The Labute approximate surface area is 123 Å². The number of nitrogens with zero attached hydrogens (tertiary/aromatic N) is 1. The largest absolute Gasteiger partial charge is 0.383 e. The predicted octanol–water partition coefficient (Wildman–Crippen LogP) is 1.77. The highest BCUT2D eigenvalue weighted by molar-refractivity contribution is 7.91. The quantitative estimate of drug-likeness (QED) is 0.649. The Morgan fingerprint density at radius 2 is 1.79 bits per heavy atom. The van der Waals surface area contributed by atoms with Crippen LogP contribution in [-0.2, 0) is 25.4 Å². The van der Waals surface area contributed by atoms with Crippen molar-refractivity contribution in [3.63, 3.8) is 0 Å². The van der Waals surface area contributed by atoms with Gasteiger partial charge in [-0.15, -0.1) is 22.9 Å². The first-order chi connectivity index (χ1) is 9.06. The summed E-state index contributed by atoms with van der Waals surface area (Å²) in [6, 6.07) is 3.32. The number of ether oxygens (including phenoxy) is 2. The molecule has 0 amide bonds. The topological polar surface area (TPSA) is 55.8 Å². The fraction of sp³-hybridized carbons (Fsp3) is 0.636. The van der Waals surface area contributed by atoms with Gasteiger partial charge in [0.25, 0.3) is 10.0 Å². The van der Waals surface area contributed by atoms with Crippen LogP contribution in [-0.4, -0.2) is 53.2 Å². The highest BCUT2D eigenvalue weighted by Crippen LogP contribution is 2.25. The fourth-order valence-electron chi connectivity index (χ4n) is 1.43. The van der Waals surface area contributed by atoms with Crippen LogP contribution in [0.25, 0.3) is 0 Å². The molecular formula is C11H18ClNO4S2. The predicted molar refractivity (Wildman–Crippen MR) is 76.4 cm³/mol. The molecular weight excluding hydrogens is 310 g/mol. The maximum atomic E-state index is 12.5. The second-order valence-electron chi connectivity index (χ2n) is 3.74. The summed E-state index contributed by atoms with van der Waals surface area (Å²) >= 11 is 6.89. The Kier molecular flexibility index (Phi) is 7.27. The monoisotopic (exact) mass is 327 g/mol.